The van der Waals surface area contributed by atoms with Gasteiger partial charge in [0.25, 0.3) is 0 Å². The lowest BCUT2D eigenvalue weighted by molar-refractivity contribution is 0.232. The molecule has 1 saturated heterocycles. The Hall–Kier alpha value is -2.62. The molecule has 2 atom stereocenters. The van der Waals surface area contributed by atoms with Gasteiger partial charge < -0.3 is 10.2 Å². The van der Waals surface area contributed by atoms with Crippen molar-refractivity contribution < 1.29 is 8.78 Å². The molecule has 2 aliphatic rings. The lowest BCUT2D eigenvalue weighted by Gasteiger charge is -2.49. The molecule has 0 aromatic heterocycles. The molecule has 2 aromatic rings. The van der Waals surface area contributed by atoms with Crippen LogP contribution in [0.3, 0.4) is 0 Å². The second-order valence-corrected chi connectivity index (χ2v) is 7.86. The third-order valence-electron chi connectivity index (χ3n) is 5.93. The highest BCUT2D eigenvalue weighted by Crippen LogP contribution is 2.47. The van der Waals surface area contributed by atoms with Crippen molar-refractivity contribution in [3.63, 3.8) is 0 Å². The van der Waals surface area contributed by atoms with Gasteiger partial charge in [0.2, 0.25) is 0 Å². The zero-order chi connectivity index (χ0) is 19.3. The van der Waals surface area contributed by atoms with Crippen molar-refractivity contribution >= 4 is 0 Å². The summed E-state index contributed by atoms with van der Waals surface area (Å²) < 4.78 is 28.0. The summed E-state index contributed by atoms with van der Waals surface area (Å²) in [7, 11) is 1.90. The fourth-order valence-corrected chi connectivity index (χ4v) is 4.15. The second-order valence-electron chi connectivity index (χ2n) is 7.86. The Morgan fingerprint density at radius 3 is 2.11 bits per heavy atom. The van der Waals surface area contributed by atoms with E-state index in [1.807, 2.05) is 18.9 Å². The molecular weight excluding hydrogens is 342 g/mol. The average molecular weight is 366 g/mol. The third-order valence-corrected chi connectivity index (χ3v) is 5.93. The van der Waals surface area contributed by atoms with Crippen LogP contribution in [-0.4, -0.2) is 11.9 Å². The maximum absolute atomic E-state index is 14.0. The molecule has 2 aromatic carbocycles. The minimum atomic E-state index is -0.773. The van der Waals surface area contributed by atoms with Crippen molar-refractivity contribution in [3.8, 4) is 0 Å². The van der Waals surface area contributed by atoms with Gasteiger partial charge in [-0.1, -0.05) is 37.4 Å². The molecule has 4 heteroatoms. The predicted octanol–water partition coefficient (Wildman–Crippen LogP) is 5.36. The monoisotopic (exact) mass is 366 g/mol. The zero-order valence-electron chi connectivity index (χ0n) is 15.7. The van der Waals surface area contributed by atoms with E-state index in [4.69, 9.17) is 0 Å². The molecule has 4 rings (SSSR count). The van der Waals surface area contributed by atoms with E-state index in [0.29, 0.717) is 17.3 Å². The normalized spacial score (nSPS) is 25.5. The summed E-state index contributed by atoms with van der Waals surface area (Å²) in [6.07, 6.45) is 2.50. The van der Waals surface area contributed by atoms with Crippen molar-refractivity contribution in [3.05, 3.63) is 95.5 Å². The summed E-state index contributed by atoms with van der Waals surface area (Å²) in [6.45, 7) is 10.3. The predicted molar refractivity (Wildman–Crippen MR) is 104 cm³/mol. The SMILES string of the molecule is C=C1N[C@](C)(c2cc(F)cc(F)c2)C(c2ccc(C3CC3)cc2)C(=C)N1C. The quantitative estimate of drug-likeness (QED) is 0.786. The molecule has 0 bridgehead atoms. The van der Waals surface area contributed by atoms with E-state index in [1.165, 1.54) is 30.5 Å². The van der Waals surface area contributed by atoms with Gasteiger partial charge in [0.15, 0.2) is 0 Å². The van der Waals surface area contributed by atoms with Crippen LogP contribution in [0.2, 0.25) is 0 Å². The maximum atomic E-state index is 14.0. The highest BCUT2D eigenvalue weighted by atomic mass is 19.1. The van der Waals surface area contributed by atoms with E-state index in [9.17, 15) is 8.78 Å². The van der Waals surface area contributed by atoms with Gasteiger partial charge in [0.05, 0.1) is 17.3 Å². The summed E-state index contributed by atoms with van der Waals surface area (Å²) in [6, 6.07) is 12.2. The Morgan fingerprint density at radius 2 is 1.56 bits per heavy atom. The Kier molecular flexibility index (Phi) is 4.10. The minimum Gasteiger partial charge on any atom is -0.362 e. The van der Waals surface area contributed by atoms with E-state index in [2.05, 4.69) is 42.7 Å². The van der Waals surface area contributed by atoms with Gasteiger partial charge in [-0.25, -0.2) is 8.78 Å². The van der Waals surface area contributed by atoms with E-state index < -0.39 is 17.2 Å². The summed E-state index contributed by atoms with van der Waals surface area (Å²) in [5.41, 5.74) is 3.01. The van der Waals surface area contributed by atoms with E-state index >= 15 is 0 Å². The van der Waals surface area contributed by atoms with Crippen LogP contribution < -0.4 is 5.32 Å². The number of nitrogens with zero attached hydrogens (tertiary/aromatic N) is 1. The minimum absolute atomic E-state index is 0.192. The summed E-state index contributed by atoms with van der Waals surface area (Å²) in [5, 5.41) is 3.38. The fraction of sp³-hybridized carbons (Fsp3) is 0.304. The molecule has 140 valence electrons. The van der Waals surface area contributed by atoms with Crippen LogP contribution in [0, 0.1) is 11.6 Å². The van der Waals surface area contributed by atoms with Crippen LogP contribution in [0.4, 0.5) is 8.78 Å². The second kappa shape index (κ2) is 6.22. The average Bonchev–Trinajstić information content (AvgIpc) is 3.45. The molecule has 0 amide bonds. The molecule has 27 heavy (non-hydrogen) atoms. The highest BCUT2D eigenvalue weighted by Gasteiger charge is 2.44. The van der Waals surface area contributed by atoms with Crippen molar-refractivity contribution in [1.82, 2.24) is 10.2 Å². The van der Waals surface area contributed by atoms with Gasteiger partial charge >= 0.3 is 0 Å². The zero-order valence-corrected chi connectivity index (χ0v) is 15.7. The summed E-state index contributed by atoms with van der Waals surface area (Å²) in [4.78, 5) is 1.90. The van der Waals surface area contributed by atoms with Gasteiger partial charge in [-0.15, -0.1) is 0 Å². The molecule has 1 heterocycles. The molecule has 1 unspecified atom stereocenters. The molecular formula is C23H24F2N2. The van der Waals surface area contributed by atoms with E-state index in [-0.39, 0.29) is 5.92 Å². The lowest BCUT2D eigenvalue weighted by atomic mass is 9.72. The Morgan fingerprint density at radius 1 is 1.00 bits per heavy atom. The van der Waals surface area contributed by atoms with Gasteiger partial charge in [-0.05, 0) is 54.5 Å². The number of benzene rings is 2. The number of nitrogens with one attached hydrogen (secondary N) is 1. The van der Waals surface area contributed by atoms with Crippen molar-refractivity contribution in [2.75, 3.05) is 7.05 Å². The van der Waals surface area contributed by atoms with Crippen molar-refractivity contribution in [1.29, 1.82) is 0 Å². The molecule has 2 nitrogen and oxygen atoms in total. The largest absolute Gasteiger partial charge is 0.362 e. The Balaban J connectivity index is 1.82. The van der Waals surface area contributed by atoms with Gasteiger partial charge in [0, 0.05) is 18.8 Å². The summed E-state index contributed by atoms with van der Waals surface area (Å²) in [5.74, 6) is -0.0460. The van der Waals surface area contributed by atoms with Crippen molar-refractivity contribution in [2.24, 2.45) is 0 Å². The first-order chi connectivity index (χ1) is 12.8. The van der Waals surface area contributed by atoms with Crippen LogP contribution in [0.5, 0.6) is 0 Å². The summed E-state index contributed by atoms with van der Waals surface area (Å²) >= 11 is 0. The van der Waals surface area contributed by atoms with Gasteiger partial charge in [-0.3, -0.25) is 0 Å². The van der Waals surface area contributed by atoms with E-state index in [0.717, 1.165) is 17.3 Å². The fourth-order valence-electron chi connectivity index (χ4n) is 4.15. The first-order valence-corrected chi connectivity index (χ1v) is 9.25. The lowest BCUT2D eigenvalue weighted by Crippen LogP contribution is -2.53. The number of hydrogen-bond acceptors (Lipinski definition) is 2. The maximum Gasteiger partial charge on any atom is 0.126 e. The molecule has 1 aliphatic heterocycles. The molecule has 0 radical (unpaired) electrons. The third kappa shape index (κ3) is 3.03. The smallest absolute Gasteiger partial charge is 0.126 e. The Bertz CT molecular complexity index is 894. The molecule has 1 N–H and O–H groups in total. The number of rotatable bonds is 3. The number of hydrogen-bond donors (Lipinski definition) is 1. The standard InChI is InChI=1S/C23H24F2N2/c1-14-22(18-9-7-17(8-10-18)16-5-6-16)23(3,26-15(2)27(14)4)19-11-20(24)13-21(25)12-19/h7-13,16,22,26H,1-2,5-6H2,3-4H3/t22?,23-/m1/s1. The van der Waals surface area contributed by atoms with Crippen LogP contribution in [0.1, 0.15) is 48.3 Å². The highest BCUT2D eigenvalue weighted by molar-refractivity contribution is 5.43. The van der Waals surface area contributed by atoms with Crippen LogP contribution in [-0.2, 0) is 5.54 Å². The van der Waals surface area contributed by atoms with Gasteiger partial charge in [-0.2, -0.15) is 0 Å². The Labute approximate surface area is 159 Å². The van der Waals surface area contributed by atoms with Crippen molar-refractivity contribution in [2.45, 2.75) is 37.1 Å². The molecule has 1 saturated carbocycles. The van der Waals surface area contributed by atoms with E-state index in [1.54, 1.807) is 0 Å². The number of halogens is 2. The van der Waals surface area contributed by atoms with Crippen LogP contribution in [0.15, 0.2) is 67.1 Å². The van der Waals surface area contributed by atoms with Crippen LogP contribution in [0.25, 0.3) is 0 Å². The first-order valence-electron chi connectivity index (χ1n) is 9.25. The molecule has 1 aliphatic carbocycles. The van der Waals surface area contributed by atoms with Gasteiger partial charge in [0.1, 0.15) is 11.6 Å². The van der Waals surface area contributed by atoms with Crippen LogP contribution >= 0.6 is 0 Å². The molecule has 2 fully saturated rings. The molecule has 0 spiro atoms. The first kappa shape index (κ1) is 17.8. The number of likely N-dealkylation sites (N-methyl/N-ethyl adjacent to an activating group) is 1. The topological polar surface area (TPSA) is 15.3 Å².